The van der Waals surface area contributed by atoms with Crippen molar-refractivity contribution in [2.75, 3.05) is 5.75 Å². The van der Waals surface area contributed by atoms with Gasteiger partial charge in [-0.25, -0.2) is 18.2 Å². The normalized spacial score (nSPS) is 11.1. The van der Waals surface area contributed by atoms with Crippen molar-refractivity contribution in [3.8, 4) is 5.69 Å². The Kier molecular flexibility index (Phi) is 6.10. The largest absolute Gasteiger partial charge is 0.351 e. The lowest BCUT2D eigenvalue weighted by atomic mass is 10.2. The van der Waals surface area contributed by atoms with Crippen molar-refractivity contribution in [1.82, 2.24) is 14.9 Å². The minimum absolute atomic E-state index is 0.0143. The van der Waals surface area contributed by atoms with Crippen LogP contribution in [0, 0.1) is 17.5 Å². The Balaban J connectivity index is 1.58. The molecule has 10 heteroatoms. The number of nitrogens with zero attached hydrogens (tertiary/aromatic N) is 2. The molecule has 0 aliphatic heterocycles. The number of fused-ring (bicyclic) bond motifs is 1. The predicted molar refractivity (Wildman–Crippen MR) is 114 cm³/mol. The number of thioether (sulfide) groups is 1. The lowest BCUT2D eigenvalue weighted by Crippen LogP contribution is -2.26. The fraction of sp³-hybridized carbons (Fsp3) is 0.0952. The van der Waals surface area contributed by atoms with Crippen LogP contribution in [0.25, 0.3) is 15.9 Å². The summed E-state index contributed by atoms with van der Waals surface area (Å²) in [6.07, 6.45) is 0. The molecule has 0 unspecified atom stereocenters. The van der Waals surface area contributed by atoms with E-state index in [4.69, 9.17) is 0 Å². The standard InChI is InChI=1S/C21H14F3N3O2S2/c22-13-3-1-12(2-4-13)10-25-18(28)11-31-21-26-17-5-6-30-19(17)20(29)27(21)16-8-14(23)7-15(24)9-16/h1-9H,10-11H2,(H,25,28). The summed E-state index contributed by atoms with van der Waals surface area (Å²) in [4.78, 5) is 29.6. The molecule has 0 saturated heterocycles. The number of rotatable bonds is 6. The van der Waals surface area contributed by atoms with Crippen molar-refractivity contribution in [2.24, 2.45) is 0 Å². The van der Waals surface area contributed by atoms with Crippen LogP contribution in [0.1, 0.15) is 5.56 Å². The van der Waals surface area contributed by atoms with E-state index in [0.717, 1.165) is 34.0 Å². The summed E-state index contributed by atoms with van der Waals surface area (Å²) in [5.41, 5.74) is 0.681. The number of aromatic nitrogens is 2. The Morgan fingerprint density at radius 2 is 1.74 bits per heavy atom. The van der Waals surface area contributed by atoms with Gasteiger partial charge in [-0.3, -0.25) is 14.2 Å². The van der Waals surface area contributed by atoms with Gasteiger partial charge in [0.15, 0.2) is 5.16 Å². The number of amides is 1. The summed E-state index contributed by atoms with van der Waals surface area (Å²) in [5.74, 6) is -2.46. The Morgan fingerprint density at radius 1 is 1.03 bits per heavy atom. The molecule has 2 aromatic heterocycles. The zero-order valence-corrected chi connectivity index (χ0v) is 17.4. The molecule has 0 spiro atoms. The van der Waals surface area contributed by atoms with Gasteiger partial charge in [0.2, 0.25) is 5.91 Å². The van der Waals surface area contributed by atoms with Crippen LogP contribution in [0.2, 0.25) is 0 Å². The van der Waals surface area contributed by atoms with Crippen molar-refractivity contribution < 1.29 is 18.0 Å². The van der Waals surface area contributed by atoms with Gasteiger partial charge in [0.1, 0.15) is 22.2 Å². The molecular weight excluding hydrogens is 447 g/mol. The number of halogens is 3. The third kappa shape index (κ3) is 4.80. The molecule has 5 nitrogen and oxygen atoms in total. The van der Waals surface area contributed by atoms with Gasteiger partial charge in [0, 0.05) is 12.6 Å². The maximum atomic E-state index is 13.8. The average molecular weight is 461 g/mol. The highest BCUT2D eigenvalue weighted by atomic mass is 32.2. The summed E-state index contributed by atoms with van der Waals surface area (Å²) in [5, 5.41) is 4.53. The van der Waals surface area contributed by atoms with Gasteiger partial charge in [-0.05, 0) is 41.3 Å². The monoisotopic (exact) mass is 461 g/mol. The van der Waals surface area contributed by atoms with Gasteiger partial charge >= 0.3 is 0 Å². The van der Waals surface area contributed by atoms with Gasteiger partial charge in [0.05, 0.1) is 17.0 Å². The van der Waals surface area contributed by atoms with Crippen molar-refractivity contribution in [1.29, 1.82) is 0 Å². The highest BCUT2D eigenvalue weighted by Gasteiger charge is 2.17. The summed E-state index contributed by atoms with van der Waals surface area (Å²) < 4.78 is 41.9. The van der Waals surface area contributed by atoms with Crippen molar-refractivity contribution in [2.45, 2.75) is 11.7 Å². The minimum atomic E-state index is -0.832. The van der Waals surface area contributed by atoms with Crippen LogP contribution < -0.4 is 10.9 Å². The Hall–Kier alpha value is -3.11. The molecule has 2 heterocycles. The second-order valence-electron chi connectivity index (χ2n) is 6.49. The molecule has 0 radical (unpaired) electrons. The summed E-state index contributed by atoms with van der Waals surface area (Å²) in [7, 11) is 0. The van der Waals surface area contributed by atoms with Gasteiger partial charge in [-0.2, -0.15) is 0 Å². The molecule has 0 fully saturated rings. The van der Waals surface area contributed by atoms with Crippen LogP contribution in [0.15, 0.2) is 63.9 Å². The van der Waals surface area contributed by atoms with Crippen LogP contribution in [-0.2, 0) is 11.3 Å². The third-order valence-electron chi connectivity index (χ3n) is 4.29. The molecule has 0 aliphatic rings. The number of benzene rings is 2. The molecule has 0 atom stereocenters. The first-order valence-electron chi connectivity index (χ1n) is 9.01. The molecule has 31 heavy (non-hydrogen) atoms. The zero-order chi connectivity index (χ0) is 22.0. The molecule has 2 aromatic carbocycles. The molecule has 4 rings (SSSR count). The summed E-state index contributed by atoms with van der Waals surface area (Å²) in [6, 6.07) is 10.2. The lowest BCUT2D eigenvalue weighted by molar-refractivity contribution is -0.118. The first-order valence-corrected chi connectivity index (χ1v) is 10.9. The van der Waals surface area contributed by atoms with E-state index in [0.29, 0.717) is 16.3 Å². The number of hydrogen-bond donors (Lipinski definition) is 1. The highest BCUT2D eigenvalue weighted by molar-refractivity contribution is 7.99. The second kappa shape index (κ2) is 8.94. The molecule has 1 amide bonds. The maximum absolute atomic E-state index is 13.8. The topological polar surface area (TPSA) is 64.0 Å². The number of carbonyl (C=O) groups is 1. The molecule has 158 valence electrons. The number of nitrogens with one attached hydrogen (secondary N) is 1. The van der Waals surface area contributed by atoms with Crippen molar-refractivity contribution in [3.05, 3.63) is 87.3 Å². The Bertz CT molecular complexity index is 1300. The van der Waals surface area contributed by atoms with Crippen LogP contribution >= 0.6 is 23.1 Å². The number of thiophene rings is 1. The van der Waals surface area contributed by atoms with E-state index in [9.17, 15) is 22.8 Å². The van der Waals surface area contributed by atoms with Crippen molar-refractivity contribution in [3.63, 3.8) is 0 Å². The molecule has 0 saturated carbocycles. The van der Waals surface area contributed by atoms with Crippen LogP contribution in [-0.4, -0.2) is 21.2 Å². The summed E-state index contributed by atoms with van der Waals surface area (Å²) >= 11 is 2.14. The van der Waals surface area contributed by atoms with E-state index < -0.39 is 17.2 Å². The molecule has 4 aromatic rings. The second-order valence-corrected chi connectivity index (χ2v) is 8.35. The first kappa shape index (κ1) is 21.1. The van der Waals surface area contributed by atoms with Crippen LogP contribution in [0.3, 0.4) is 0 Å². The number of hydrogen-bond acceptors (Lipinski definition) is 5. The maximum Gasteiger partial charge on any atom is 0.276 e. The minimum Gasteiger partial charge on any atom is -0.351 e. The lowest BCUT2D eigenvalue weighted by Gasteiger charge is -2.12. The predicted octanol–water partition coefficient (Wildman–Crippen LogP) is 4.27. The van der Waals surface area contributed by atoms with Crippen LogP contribution in [0.4, 0.5) is 13.2 Å². The van der Waals surface area contributed by atoms with E-state index in [1.165, 1.54) is 23.5 Å². The fourth-order valence-corrected chi connectivity index (χ4v) is 4.47. The quantitative estimate of drug-likeness (QED) is 0.344. The smallest absolute Gasteiger partial charge is 0.276 e. The molecule has 0 aliphatic carbocycles. The van der Waals surface area contributed by atoms with Gasteiger partial charge < -0.3 is 5.32 Å². The van der Waals surface area contributed by atoms with Crippen molar-refractivity contribution >= 4 is 39.2 Å². The van der Waals surface area contributed by atoms with E-state index in [2.05, 4.69) is 10.3 Å². The average Bonchev–Trinajstić information content (AvgIpc) is 3.20. The Morgan fingerprint density at radius 3 is 2.45 bits per heavy atom. The molecule has 1 N–H and O–H groups in total. The summed E-state index contributed by atoms with van der Waals surface area (Å²) in [6.45, 7) is 0.207. The van der Waals surface area contributed by atoms with E-state index in [1.54, 1.807) is 23.6 Å². The van der Waals surface area contributed by atoms with Gasteiger partial charge in [0.25, 0.3) is 5.56 Å². The highest BCUT2D eigenvalue weighted by Crippen LogP contribution is 2.24. The van der Waals surface area contributed by atoms with E-state index in [-0.39, 0.29) is 34.9 Å². The van der Waals surface area contributed by atoms with Crippen LogP contribution in [0.5, 0.6) is 0 Å². The Labute approximate surface area is 182 Å². The van der Waals surface area contributed by atoms with E-state index in [1.807, 2.05) is 0 Å². The van der Waals surface area contributed by atoms with E-state index >= 15 is 0 Å². The van der Waals surface area contributed by atoms with Gasteiger partial charge in [-0.15, -0.1) is 11.3 Å². The first-order chi connectivity index (χ1) is 14.9. The number of carbonyl (C=O) groups excluding carboxylic acids is 1. The SMILES string of the molecule is O=C(CSc1nc2ccsc2c(=O)n1-c1cc(F)cc(F)c1)NCc1ccc(F)cc1. The molecular formula is C21H14F3N3O2S2. The molecule has 0 bridgehead atoms. The third-order valence-corrected chi connectivity index (χ3v) is 6.12. The fourth-order valence-electron chi connectivity index (χ4n) is 2.87. The zero-order valence-electron chi connectivity index (χ0n) is 15.8. The van der Waals surface area contributed by atoms with Gasteiger partial charge in [-0.1, -0.05) is 23.9 Å².